The van der Waals surface area contributed by atoms with Gasteiger partial charge in [0.1, 0.15) is 0 Å². The quantitative estimate of drug-likeness (QED) is 0.796. The Kier molecular flexibility index (Phi) is 3.99. The third-order valence-electron chi connectivity index (χ3n) is 2.78. The normalized spacial score (nSPS) is 15.5. The van der Waals surface area contributed by atoms with E-state index in [2.05, 4.69) is 4.98 Å². The standard InChI is InChI=1S/C12H17N3O3/c1-2-18-12(16)9-3-4-14-11(10(9)13)15-5-7-17-8-6-15/h3-4H,2,5-8,13H2,1H3. The van der Waals surface area contributed by atoms with Gasteiger partial charge in [-0.1, -0.05) is 0 Å². The van der Waals surface area contributed by atoms with E-state index in [0.29, 0.717) is 36.9 Å². The van der Waals surface area contributed by atoms with Crippen LogP contribution in [0.3, 0.4) is 0 Å². The molecule has 0 atom stereocenters. The first kappa shape index (κ1) is 12.6. The number of nitrogen functional groups attached to an aromatic ring is 1. The smallest absolute Gasteiger partial charge is 0.340 e. The molecule has 1 aromatic rings. The van der Waals surface area contributed by atoms with Crippen LogP contribution in [0.2, 0.25) is 0 Å². The monoisotopic (exact) mass is 251 g/mol. The minimum absolute atomic E-state index is 0.327. The largest absolute Gasteiger partial charge is 0.462 e. The zero-order valence-electron chi connectivity index (χ0n) is 10.4. The summed E-state index contributed by atoms with van der Waals surface area (Å²) in [7, 11) is 0. The van der Waals surface area contributed by atoms with Crippen molar-refractivity contribution < 1.29 is 14.3 Å². The lowest BCUT2D eigenvalue weighted by molar-refractivity contribution is 0.0527. The van der Waals surface area contributed by atoms with Crippen molar-refractivity contribution in [1.82, 2.24) is 4.98 Å². The van der Waals surface area contributed by atoms with Crippen molar-refractivity contribution >= 4 is 17.5 Å². The summed E-state index contributed by atoms with van der Waals surface area (Å²) in [6.07, 6.45) is 1.58. The number of nitrogens with two attached hydrogens (primary N) is 1. The maximum Gasteiger partial charge on any atom is 0.340 e. The molecule has 98 valence electrons. The highest BCUT2D eigenvalue weighted by Gasteiger charge is 2.20. The van der Waals surface area contributed by atoms with Crippen molar-refractivity contribution in [3.05, 3.63) is 17.8 Å². The predicted octanol–water partition coefficient (Wildman–Crippen LogP) is 0.677. The molecular weight excluding hydrogens is 234 g/mol. The molecule has 1 aliphatic heterocycles. The molecule has 0 radical (unpaired) electrons. The van der Waals surface area contributed by atoms with Crippen molar-refractivity contribution in [3.63, 3.8) is 0 Å². The van der Waals surface area contributed by atoms with E-state index in [1.807, 2.05) is 4.90 Å². The molecule has 2 rings (SSSR count). The van der Waals surface area contributed by atoms with Gasteiger partial charge < -0.3 is 20.1 Å². The van der Waals surface area contributed by atoms with E-state index in [1.165, 1.54) is 0 Å². The van der Waals surface area contributed by atoms with Crippen molar-refractivity contribution in [2.24, 2.45) is 0 Å². The molecule has 6 nitrogen and oxygen atoms in total. The summed E-state index contributed by atoms with van der Waals surface area (Å²) < 4.78 is 10.2. The number of carbonyl (C=O) groups excluding carboxylic acids is 1. The van der Waals surface area contributed by atoms with E-state index in [0.717, 1.165) is 13.1 Å². The highest BCUT2D eigenvalue weighted by atomic mass is 16.5. The number of carbonyl (C=O) groups is 1. The van der Waals surface area contributed by atoms with Crippen LogP contribution in [0.5, 0.6) is 0 Å². The van der Waals surface area contributed by atoms with Gasteiger partial charge in [-0.15, -0.1) is 0 Å². The summed E-state index contributed by atoms with van der Waals surface area (Å²) in [5.41, 5.74) is 6.74. The molecule has 18 heavy (non-hydrogen) atoms. The van der Waals surface area contributed by atoms with Gasteiger partial charge in [-0.3, -0.25) is 0 Å². The van der Waals surface area contributed by atoms with Gasteiger partial charge in [-0.2, -0.15) is 0 Å². The van der Waals surface area contributed by atoms with Gasteiger partial charge in [-0.25, -0.2) is 9.78 Å². The number of pyridine rings is 1. The van der Waals surface area contributed by atoms with Gasteiger partial charge in [-0.05, 0) is 13.0 Å². The lowest BCUT2D eigenvalue weighted by Gasteiger charge is -2.29. The number of hydrogen-bond donors (Lipinski definition) is 1. The van der Waals surface area contributed by atoms with Crippen LogP contribution < -0.4 is 10.6 Å². The van der Waals surface area contributed by atoms with Gasteiger partial charge in [0.25, 0.3) is 0 Å². The van der Waals surface area contributed by atoms with Gasteiger partial charge in [0.2, 0.25) is 0 Å². The van der Waals surface area contributed by atoms with E-state index in [-0.39, 0.29) is 0 Å². The lowest BCUT2D eigenvalue weighted by Crippen LogP contribution is -2.37. The Bertz CT molecular complexity index is 431. The van der Waals surface area contributed by atoms with Gasteiger partial charge in [0, 0.05) is 19.3 Å². The molecule has 2 N–H and O–H groups in total. The summed E-state index contributed by atoms with van der Waals surface area (Å²) in [6.45, 7) is 4.83. The number of aromatic nitrogens is 1. The number of nitrogens with zero attached hydrogens (tertiary/aromatic N) is 2. The lowest BCUT2D eigenvalue weighted by atomic mass is 10.2. The second-order valence-corrected chi connectivity index (χ2v) is 3.92. The SMILES string of the molecule is CCOC(=O)c1ccnc(N2CCOCC2)c1N. The molecule has 0 spiro atoms. The Labute approximate surface area is 106 Å². The first-order chi connectivity index (χ1) is 8.74. The first-order valence-corrected chi connectivity index (χ1v) is 5.98. The molecule has 6 heteroatoms. The number of hydrogen-bond acceptors (Lipinski definition) is 6. The Hall–Kier alpha value is -1.82. The zero-order valence-corrected chi connectivity index (χ0v) is 10.4. The fourth-order valence-electron chi connectivity index (χ4n) is 1.88. The van der Waals surface area contributed by atoms with Crippen LogP contribution in [-0.4, -0.2) is 43.9 Å². The molecule has 0 saturated carbocycles. The Balaban J connectivity index is 2.26. The molecule has 0 unspecified atom stereocenters. The summed E-state index contributed by atoms with van der Waals surface area (Å²) >= 11 is 0. The van der Waals surface area contributed by atoms with Crippen LogP contribution in [0.25, 0.3) is 0 Å². The highest BCUT2D eigenvalue weighted by Crippen LogP contribution is 2.25. The summed E-state index contributed by atoms with van der Waals surface area (Å²) in [5, 5.41) is 0. The highest BCUT2D eigenvalue weighted by molar-refractivity contribution is 5.97. The zero-order chi connectivity index (χ0) is 13.0. The van der Waals surface area contributed by atoms with Gasteiger partial charge >= 0.3 is 5.97 Å². The van der Waals surface area contributed by atoms with Crippen LogP contribution in [-0.2, 0) is 9.47 Å². The third-order valence-corrected chi connectivity index (χ3v) is 2.78. The Morgan fingerprint density at radius 1 is 1.56 bits per heavy atom. The number of morpholine rings is 1. The number of anilines is 2. The topological polar surface area (TPSA) is 77.7 Å². The fraction of sp³-hybridized carbons (Fsp3) is 0.500. The van der Waals surface area contributed by atoms with E-state index in [9.17, 15) is 4.79 Å². The van der Waals surface area contributed by atoms with Crippen LogP contribution >= 0.6 is 0 Å². The van der Waals surface area contributed by atoms with Crippen molar-refractivity contribution in [1.29, 1.82) is 0 Å². The number of ether oxygens (including phenoxy) is 2. The Morgan fingerprint density at radius 2 is 2.28 bits per heavy atom. The summed E-state index contributed by atoms with van der Waals surface area (Å²) in [4.78, 5) is 18.0. The van der Waals surface area contributed by atoms with Crippen LogP contribution in [0.1, 0.15) is 17.3 Å². The molecule has 0 amide bonds. The first-order valence-electron chi connectivity index (χ1n) is 5.98. The predicted molar refractivity (Wildman–Crippen MR) is 67.6 cm³/mol. The summed E-state index contributed by atoms with van der Waals surface area (Å²) in [6, 6.07) is 1.58. The maximum atomic E-state index is 11.7. The minimum Gasteiger partial charge on any atom is -0.462 e. The molecule has 1 aliphatic rings. The average Bonchev–Trinajstić information content (AvgIpc) is 2.40. The summed E-state index contributed by atoms with van der Waals surface area (Å²) in [5.74, 6) is 0.218. The molecule has 0 aliphatic carbocycles. The maximum absolute atomic E-state index is 11.7. The average molecular weight is 251 g/mol. The number of esters is 1. The van der Waals surface area contributed by atoms with Crippen molar-refractivity contribution in [2.45, 2.75) is 6.92 Å². The second-order valence-electron chi connectivity index (χ2n) is 3.92. The van der Waals surface area contributed by atoms with Crippen LogP contribution in [0, 0.1) is 0 Å². The molecule has 0 bridgehead atoms. The van der Waals surface area contributed by atoms with E-state index < -0.39 is 5.97 Å². The minimum atomic E-state index is -0.410. The van der Waals surface area contributed by atoms with E-state index >= 15 is 0 Å². The van der Waals surface area contributed by atoms with Crippen LogP contribution in [0.4, 0.5) is 11.5 Å². The molecule has 1 saturated heterocycles. The number of rotatable bonds is 3. The van der Waals surface area contributed by atoms with Gasteiger partial charge in [0.05, 0.1) is 31.1 Å². The van der Waals surface area contributed by atoms with E-state index in [4.69, 9.17) is 15.2 Å². The third kappa shape index (κ3) is 2.53. The van der Waals surface area contributed by atoms with Crippen LogP contribution in [0.15, 0.2) is 12.3 Å². The molecule has 2 heterocycles. The molecule has 1 aromatic heterocycles. The fourth-order valence-corrected chi connectivity index (χ4v) is 1.88. The second kappa shape index (κ2) is 5.68. The molecular formula is C12H17N3O3. The van der Waals surface area contributed by atoms with Crippen molar-refractivity contribution in [3.8, 4) is 0 Å². The van der Waals surface area contributed by atoms with Crippen molar-refractivity contribution in [2.75, 3.05) is 43.5 Å². The molecule has 0 aromatic carbocycles. The Morgan fingerprint density at radius 3 is 2.94 bits per heavy atom. The van der Waals surface area contributed by atoms with Gasteiger partial charge in [0.15, 0.2) is 5.82 Å². The van der Waals surface area contributed by atoms with E-state index in [1.54, 1.807) is 19.2 Å². The molecule has 1 fully saturated rings.